The molecule has 2 fully saturated rings. The van der Waals surface area contributed by atoms with Gasteiger partial charge in [-0.1, -0.05) is 27.7 Å². The number of likely N-dealkylation sites (tertiary alicyclic amines) is 1. The van der Waals surface area contributed by atoms with Crippen LogP contribution < -0.4 is 14.8 Å². The van der Waals surface area contributed by atoms with Crippen LogP contribution in [0.1, 0.15) is 105 Å². The van der Waals surface area contributed by atoms with E-state index in [9.17, 15) is 14.4 Å². The Hall–Kier alpha value is -3.01. The van der Waals surface area contributed by atoms with Crippen molar-refractivity contribution in [2.75, 3.05) is 40.0 Å². The largest absolute Gasteiger partial charge is 0.493 e. The maximum Gasteiger partial charge on any atom is 0.410 e. The summed E-state index contributed by atoms with van der Waals surface area (Å²) in [5.74, 6) is 1.37. The highest BCUT2D eigenvalue weighted by Crippen LogP contribution is 2.38. The monoisotopic (exact) mass is 671 g/mol. The molecule has 0 bridgehead atoms. The summed E-state index contributed by atoms with van der Waals surface area (Å²) >= 11 is 0. The summed E-state index contributed by atoms with van der Waals surface area (Å²) in [5, 5.41) is 3.30. The van der Waals surface area contributed by atoms with Gasteiger partial charge in [-0.15, -0.1) is 0 Å². The second-order valence-corrected chi connectivity index (χ2v) is 15.9. The molecule has 3 aliphatic rings. The number of fused-ring (bicyclic) bond motifs is 1. The standard InChI is InChI=1S/C38H61N3O7/c1-25(2)17-30(18-26(3)4)39-35(42)28-21-29(24-40(23-28)37(44)48-38(5,6)7)36(43)41(31-12-13-31)22-27-19-33-32(11-9-15-46-33)34(20-27)47-16-10-14-45-8/h19-20,25-26,28-31H,9-18,21-24H2,1-8H3,(H,39,42)/t28-,29+/m0/s1. The first-order valence-electron chi connectivity index (χ1n) is 18.2. The van der Waals surface area contributed by atoms with Crippen LogP contribution in [0.15, 0.2) is 12.1 Å². The number of benzene rings is 1. The maximum atomic E-state index is 14.5. The number of nitrogens with zero attached hydrogens (tertiary/aromatic N) is 2. The number of ether oxygens (including phenoxy) is 4. The van der Waals surface area contributed by atoms with Gasteiger partial charge in [0.2, 0.25) is 11.8 Å². The van der Waals surface area contributed by atoms with Crippen molar-refractivity contribution in [2.24, 2.45) is 23.7 Å². The van der Waals surface area contributed by atoms with Crippen LogP contribution in [0.3, 0.4) is 0 Å². The summed E-state index contributed by atoms with van der Waals surface area (Å²) in [5.41, 5.74) is 1.34. The highest BCUT2D eigenvalue weighted by Gasteiger charge is 2.43. The zero-order valence-corrected chi connectivity index (χ0v) is 30.8. The van der Waals surface area contributed by atoms with Gasteiger partial charge in [0.25, 0.3) is 0 Å². The van der Waals surface area contributed by atoms with Crippen molar-refractivity contribution < 1.29 is 33.3 Å². The summed E-state index contributed by atoms with van der Waals surface area (Å²) in [6, 6.07) is 4.28. The van der Waals surface area contributed by atoms with E-state index in [1.165, 1.54) is 0 Å². The van der Waals surface area contributed by atoms with E-state index in [1.807, 2.05) is 31.7 Å². The Morgan fingerprint density at radius 3 is 2.33 bits per heavy atom. The lowest BCUT2D eigenvalue weighted by molar-refractivity contribution is -0.140. The normalized spacial score (nSPS) is 19.6. The predicted octanol–water partition coefficient (Wildman–Crippen LogP) is 6.37. The average Bonchev–Trinajstić information content (AvgIpc) is 3.85. The van der Waals surface area contributed by atoms with E-state index in [1.54, 1.807) is 12.0 Å². The van der Waals surface area contributed by atoms with Gasteiger partial charge in [-0.25, -0.2) is 4.79 Å². The molecule has 4 rings (SSSR count). The van der Waals surface area contributed by atoms with Gasteiger partial charge in [-0.05, 0) is 95.2 Å². The molecule has 0 radical (unpaired) electrons. The number of carbonyl (C=O) groups is 3. The van der Waals surface area contributed by atoms with Gasteiger partial charge in [0.15, 0.2) is 0 Å². The molecule has 0 aromatic heterocycles. The zero-order valence-electron chi connectivity index (χ0n) is 30.8. The van der Waals surface area contributed by atoms with Crippen LogP contribution in [0.25, 0.3) is 0 Å². The second-order valence-electron chi connectivity index (χ2n) is 15.9. The van der Waals surface area contributed by atoms with Crippen molar-refractivity contribution in [1.29, 1.82) is 0 Å². The van der Waals surface area contributed by atoms with E-state index in [0.29, 0.717) is 44.6 Å². The van der Waals surface area contributed by atoms with Gasteiger partial charge < -0.3 is 34.1 Å². The Labute approximate surface area is 288 Å². The molecule has 2 heterocycles. The van der Waals surface area contributed by atoms with E-state index < -0.39 is 23.5 Å². The third-order valence-corrected chi connectivity index (χ3v) is 9.11. The second kappa shape index (κ2) is 17.1. The molecule has 1 saturated heterocycles. The summed E-state index contributed by atoms with van der Waals surface area (Å²) in [7, 11) is 1.68. The Morgan fingerprint density at radius 2 is 1.71 bits per heavy atom. The predicted molar refractivity (Wildman–Crippen MR) is 186 cm³/mol. The molecule has 3 amide bonds. The number of methoxy groups -OCH3 is 1. The average molecular weight is 672 g/mol. The van der Waals surface area contributed by atoms with Gasteiger partial charge in [0.1, 0.15) is 17.1 Å². The van der Waals surface area contributed by atoms with Crippen molar-refractivity contribution in [2.45, 2.75) is 124 Å². The van der Waals surface area contributed by atoms with Gasteiger partial charge >= 0.3 is 6.09 Å². The molecule has 10 nitrogen and oxygen atoms in total. The molecule has 0 unspecified atom stereocenters. The van der Waals surface area contributed by atoms with E-state index in [4.69, 9.17) is 18.9 Å². The smallest absolute Gasteiger partial charge is 0.410 e. The first-order chi connectivity index (χ1) is 22.7. The van der Waals surface area contributed by atoms with Crippen LogP contribution >= 0.6 is 0 Å². The number of amides is 3. The minimum atomic E-state index is -0.691. The molecule has 270 valence electrons. The molecule has 1 aromatic carbocycles. The molecule has 2 aliphatic heterocycles. The Bertz CT molecular complexity index is 1230. The lowest BCUT2D eigenvalue weighted by atomic mass is 9.86. The van der Waals surface area contributed by atoms with Crippen LogP contribution in [0.4, 0.5) is 4.79 Å². The quantitative estimate of drug-likeness (QED) is 0.216. The highest BCUT2D eigenvalue weighted by molar-refractivity contribution is 5.84. The molecule has 1 aliphatic carbocycles. The molecule has 0 spiro atoms. The lowest BCUT2D eigenvalue weighted by Gasteiger charge is -2.39. The van der Waals surface area contributed by atoms with Crippen molar-refractivity contribution in [3.8, 4) is 11.5 Å². The summed E-state index contributed by atoms with van der Waals surface area (Å²) in [6.07, 6.45) is 6.15. The van der Waals surface area contributed by atoms with Crippen molar-refractivity contribution in [3.05, 3.63) is 23.3 Å². The van der Waals surface area contributed by atoms with Crippen LogP contribution in [0.2, 0.25) is 0 Å². The molecule has 1 aromatic rings. The third-order valence-electron chi connectivity index (χ3n) is 9.11. The summed E-state index contributed by atoms with van der Waals surface area (Å²) < 4.78 is 23.2. The summed E-state index contributed by atoms with van der Waals surface area (Å²) in [6.45, 7) is 16.8. The molecule has 2 atom stereocenters. The first-order valence-corrected chi connectivity index (χ1v) is 18.2. The number of rotatable bonds is 15. The van der Waals surface area contributed by atoms with E-state index in [-0.39, 0.29) is 37.0 Å². The Morgan fingerprint density at radius 1 is 1.02 bits per heavy atom. The lowest BCUT2D eigenvalue weighted by Crippen LogP contribution is -2.54. The van der Waals surface area contributed by atoms with E-state index in [2.05, 4.69) is 39.1 Å². The summed E-state index contributed by atoms with van der Waals surface area (Å²) in [4.78, 5) is 45.2. The number of carbonyl (C=O) groups excluding carboxylic acids is 3. The van der Waals surface area contributed by atoms with Crippen molar-refractivity contribution in [1.82, 2.24) is 15.1 Å². The number of piperidine rings is 1. The van der Waals surface area contributed by atoms with Crippen LogP contribution in [0.5, 0.6) is 11.5 Å². The van der Waals surface area contributed by atoms with Crippen molar-refractivity contribution >= 4 is 17.9 Å². The first kappa shape index (κ1) is 37.8. The fraction of sp³-hybridized carbons (Fsp3) is 0.763. The minimum Gasteiger partial charge on any atom is -0.493 e. The molecular formula is C38H61N3O7. The Balaban J connectivity index is 1.56. The fourth-order valence-corrected chi connectivity index (χ4v) is 6.90. The highest BCUT2D eigenvalue weighted by atomic mass is 16.6. The van der Waals surface area contributed by atoms with Crippen LogP contribution in [-0.2, 0) is 32.0 Å². The Kier molecular flexibility index (Phi) is 13.5. The minimum absolute atomic E-state index is 0.0225. The number of nitrogens with one attached hydrogen (secondary N) is 1. The van der Waals surface area contributed by atoms with Gasteiger partial charge in [0.05, 0.1) is 25.0 Å². The maximum absolute atomic E-state index is 14.5. The number of hydrogen-bond donors (Lipinski definition) is 1. The van der Waals surface area contributed by atoms with Crippen LogP contribution in [-0.4, -0.2) is 85.4 Å². The molecule has 1 saturated carbocycles. The molecule has 48 heavy (non-hydrogen) atoms. The van der Waals surface area contributed by atoms with Gasteiger partial charge in [0, 0.05) is 57.4 Å². The fourth-order valence-electron chi connectivity index (χ4n) is 6.90. The molecule has 1 N–H and O–H groups in total. The van der Waals surface area contributed by atoms with Gasteiger partial charge in [-0.3, -0.25) is 9.59 Å². The van der Waals surface area contributed by atoms with Gasteiger partial charge in [-0.2, -0.15) is 0 Å². The SMILES string of the molecule is COCCCOc1cc(CN(C(=O)[C@@H]2C[C@H](C(=O)NC(CC(C)C)CC(C)C)CN(C(=O)OC(C)(C)C)C2)C2CC2)cc2c1CCCO2. The molecular weight excluding hydrogens is 610 g/mol. The number of hydrogen-bond acceptors (Lipinski definition) is 7. The van der Waals surface area contributed by atoms with E-state index in [0.717, 1.165) is 67.6 Å². The third kappa shape index (κ3) is 11.3. The van der Waals surface area contributed by atoms with Crippen molar-refractivity contribution in [3.63, 3.8) is 0 Å². The zero-order chi connectivity index (χ0) is 35.0. The topological polar surface area (TPSA) is 107 Å². The van der Waals surface area contributed by atoms with Crippen LogP contribution in [0, 0.1) is 23.7 Å². The van der Waals surface area contributed by atoms with E-state index >= 15 is 0 Å². The molecule has 10 heteroatoms.